The van der Waals surface area contributed by atoms with Gasteiger partial charge in [0.25, 0.3) is 11.5 Å². The first-order valence-electron chi connectivity index (χ1n) is 11.5. The third-order valence-electron chi connectivity index (χ3n) is 6.09. The summed E-state index contributed by atoms with van der Waals surface area (Å²) in [5, 5.41) is 12.3. The van der Waals surface area contributed by atoms with Gasteiger partial charge < -0.3 is 10.2 Å². The van der Waals surface area contributed by atoms with Crippen LogP contribution in [0.1, 0.15) is 43.2 Å². The molecule has 3 heterocycles. The first-order chi connectivity index (χ1) is 16.8. The normalized spacial score (nSPS) is 13.7. The van der Waals surface area contributed by atoms with Crippen molar-refractivity contribution in [2.45, 2.75) is 32.7 Å². The van der Waals surface area contributed by atoms with Crippen molar-refractivity contribution < 1.29 is 13.6 Å². The van der Waals surface area contributed by atoms with Crippen LogP contribution in [0.4, 0.5) is 20.2 Å². The Hall–Kier alpha value is -4.08. The van der Waals surface area contributed by atoms with E-state index in [2.05, 4.69) is 34.3 Å². The van der Waals surface area contributed by atoms with Crippen LogP contribution in [-0.4, -0.2) is 38.6 Å². The van der Waals surface area contributed by atoms with Crippen molar-refractivity contribution in [3.63, 3.8) is 0 Å². The molecule has 0 saturated carbocycles. The number of hydrogen-bond donors (Lipinski definition) is 1. The third kappa shape index (κ3) is 4.05. The summed E-state index contributed by atoms with van der Waals surface area (Å²) in [5.41, 5.74) is 0.857. The van der Waals surface area contributed by atoms with Gasteiger partial charge >= 0.3 is 0 Å². The maximum Gasteiger partial charge on any atom is 0.276 e. The van der Waals surface area contributed by atoms with Gasteiger partial charge in [-0.15, -0.1) is 0 Å². The Bertz CT molecular complexity index is 1470. The van der Waals surface area contributed by atoms with Crippen molar-refractivity contribution in [2.24, 2.45) is 0 Å². The number of carbonyl (C=O) groups excluding carboxylic acids is 1. The number of rotatable bonds is 5. The predicted octanol–water partition coefficient (Wildman–Crippen LogP) is 4.29. The molecule has 0 radical (unpaired) electrons. The standard InChI is InChI=1S/C25H24F2N6O2/c1-15(2)32-21-10-8-19(23(16(21)14-28-32)31-12-3-4-13-31)29-25(35)20-9-11-22(34)33(30-20)24-17(26)6-5-7-18(24)27/h5-11,14-15H,3-4,12-13H2,1-2H3,(H,29,35). The van der Waals surface area contributed by atoms with E-state index in [0.717, 1.165) is 60.7 Å². The van der Waals surface area contributed by atoms with Crippen LogP contribution in [0.15, 0.2) is 53.5 Å². The number of anilines is 2. The summed E-state index contributed by atoms with van der Waals surface area (Å²) >= 11 is 0. The summed E-state index contributed by atoms with van der Waals surface area (Å²) in [7, 11) is 0. The highest BCUT2D eigenvalue weighted by atomic mass is 19.1. The van der Waals surface area contributed by atoms with Crippen LogP contribution < -0.4 is 15.8 Å². The SMILES string of the molecule is CC(C)n1ncc2c(N3CCCC3)c(NC(=O)c3ccc(=O)n(-c4c(F)cccc4F)n3)ccc21. The smallest absolute Gasteiger partial charge is 0.276 e. The van der Waals surface area contributed by atoms with E-state index < -0.39 is 28.8 Å². The molecular weight excluding hydrogens is 454 g/mol. The molecule has 0 aliphatic carbocycles. The fraction of sp³-hybridized carbons (Fsp3) is 0.280. The number of para-hydroxylation sites is 1. The van der Waals surface area contributed by atoms with Gasteiger partial charge in [0.05, 0.1) is 23.1 Å². The monoisotopic (exact) mass is 478 g/mol. The highest BCUT2D eigenvalue weighted by Crippen LogP contribution is 2.37. The molecule has 0 bridgehead atoms. The van der Waals surface area contributed by atoms with Crippen molar-refractivity contribution in [2.75, 3.05) is 23.3 Å². The van der Waals surface area contributed by atoms with Gasteiger partial charge in [-0.05, 0) is 57.0 Å². The van der Waals surface area contributed by atoms with Crippen LogP contribution >= 0.6 is 0 Å². The number of hydrogen-bond acceptors (Lipinski definition) is 5. The van der Waals surface area contributed by atoms with Crippen molar-refractivity contribution in [3.05, 3.63) is 76.3 Å². The highest BCUT2D eigenvalue weighted by Gasteiger charge is 2.23. The van der Waals surface area contributed by atoms with Gasteiger partial charge in [0.2, 0.25) is 0 Å². The van der Waals surface area contributed by atoms with Gasteiger partial charge in [-0.25, -0.2) is 8.78 Å². The first kappa shape index (κ1) is 22.7. The molecule has 2 aromatic heterocycles. The van der Waals surface area contributed by atoms with Crippen LogP contribution in [0.2, 0.25) is 0 Å². The van der Waals surface area contributed by atoms with Crippen molar-refractivity contribution in [1.29, 1.82) is 0 Å². The number of fused-ring (bicyclic) bond motifs is 1. The molecule has 2 aromatic carbocycles. The lowest BCUT2D eigenvalue weighted by molar-refractivity contribution is 0.102. The van der Waals surface area contributed by atoms with Gasteiger partial charge in [-0.2, -0.15) is 14.9 Å². The minimum absolute atomic E-state index is 0.155. The molecule has 4 aromatic rings. The quantitative estimate of drug-likeness (QED) is 0.463. The number of nitrogens with zero attached hydrogens (tertiary/aromatic N) is 5. The fourth-order valence-corrected chi connectivity index (χ4v) is 4.47. The Morgan fingerprint density at radius 2 is 1.71 bits per heavy atom. The van der Waals surface area contributed by atoms with E-state index in [9.17, 15) is 18.4 Å². The number of carbonyl (C=O) groups is 1. The van der Waals surface area contributed by atoms with Crippen LogP contribution in [0.25, 0.3) is 16.6 Å². The van der Waals surface area contributed by atoms with Gasteiger partial charge in [-0.1, -0.05) is 6.07 Å². The van der Waals surface area contributed by atoms with Crippen molar-refractivity contribution in [3.8, 4) is 5.69 Å². The maximum atomic E-state index is 14.3. The minimum Gasteiger partial charge on any atom is -0.369 e. The number of aromatic nitrogens is 4. The molecule has 1 aliphatic rings. The van der Waals surface area contributed by atoms with Gasteiger partial charge in [-0.3, -0.25) is 14.3 Å². The zero-order valence-electron chi connectivity index (χ0n) is 19.3. The predicted molar refractivity (Wildman–Crippen MR) is 129 cm³/mol. The number of amides is 1. The summed E-state index contributed by atoms with van der Waals surface area (Å²) in [6.45, 7) is 5.81. The van der Waals surface area contributed by atoms with Crippen LogP contribution in [0.5, 0.6) is 0 Å². The molecule has 180 valence electrons. The van der Waals surface area contributed by atoms with Crippen LogP contribution in [0, 0.1) is 11.6 Å². The summed E-state index contributed by atoms with van der Waals surface area (Å²) < 4.78 is 31.0. The lowest BCUT2D eigenvalue weighted by Gasteiger charge is -2.23. The molecule has 1 fully saturated rings. The molecule has 0 atom stereocenters. The molecule has 35 heavy (non-hydrogen) atoms. The van der Waals surface area contributed by atoms with E-state index >= 15 is 0 Å². The molecule has 1 amide bonds. The van der Waals surface area contributed by atoms with Gasteiger partial charge in [0, 0.05) is 30.6 Å². The van der Waals surface area contributed by atoms with E-state index in [4.69, 9.17) is 0 Å². The van der Waals surface area contributed by atoms with Gasteiger partial charge in [0.15, 0.2) is 11.6 Å². The second-order valence-electron chi connectivity index (χ2n) is 8.76. The number of benzene rings is 2. The second-order valence-corrected chi connectivity index (χ2v) is 8.76. The average Bonchev–Trinajstić information content (AvgIpc) is 3.50. The zero-order chi connectivity index (χ0) is 24.7. The molecule has 10 heteroatoms. The zero-order valence-corrected chi connectivity index (χ0v) is 19.3. The third-order valence-corrected chi connectivity index (χ3v) is 6.09. The maximum absolute atomic E-state index is 14.3. The van der Waals surface area contributed by atoms with E-state index in [1.807, 2.05) is 16.8 Å². The van der Waals surface area contributed by atoms with E-state index in [0.29, 0.717) is 10.4 Å². The molecule has 1 N–H and O–H groups in total. The molecular formula is C25H24F2N6O2. The highest BCUT2D eigenvalue weighted by molar-refractivity contribution is 6.08. The molecule has 1 aliphatic heterocycles. The average molecular weight is 479 g/mol. The first-order valence-corrected chi connectivity index (χ1v) is 11.5. The lowest BCUT2D eigenvalue weighted by atomic mass is 10.1. The molecule has 1 saturated heterocycles. The summed E-state index contributed by atoms with van der Waals surface area (Å²) in [6.07, 6.45) is 3.89. The second kappa shape index (κ2) is 8.94. The number of nitrogens with one attached hydrogen (secondary N) is 1. The fourth-order valence-electron chi connectivity index (χ4n) is 4.47. The van der Waals surface area contributed by atoms with E-state index in [1.54, 1.807) is 6.20 Å². The largest absolute Gasteiger partial charge is 0.369 e. The lowest BCUT2D eigenvalue weighted by Crippen LogP contribution is -2.27. The number of halogens is 2. The van der Waals surface area contributed by atoms with Crippen molar-refractivity contribution >= 4 is 28.2 Å². The van der Waals surface area contributed by atoms with Crippen molar-refractivity contribution in [1.82, 2.24) is 19.6 Å². The van der Waals surface area contributed by atoms with E-state index in [1.165, 1.54) is 12.1 Å². The summed E-state index contributed by atoms with van der Waals surface area (Å²) in [5.74, 6) is -2.52. The molecule has 8 nitrogen and oxygen atoms in total. The van der Waals surface area contributed by atoms with E-state index in [-0.39, 0.29) is 11.7 Å². The summed E-state index contributed by atoms with van der Waals surface area (Å²) in [6, 6.07) is 9.42. The van der Waals surface area contributed by atoms with Crippen LogP contribution in [-0.2, 0) is 0 Å². The topological polar surface area (TPSA) is 85.0 Å². The Labute approximate surface area is 199 Å². The van der Waals surface area contributed by atoms with Gasteiger partial charge in [0.1, 0.15) is 11.4 Å². The Morgan fingerprint density at radius 1 is 1.00 bits per heavy atom. The van der Waals surface area contributed by atoms with Crippen LogP contribution in [0.3, 0.4) is 0 Å². The molecule has 5 rings (SSSR count). The summed E-state index contributed by atoms with van der Waals surface area (Å²) in [4.78, 5) is 27.7. The molecule has 0 unspecified atom stereocenters. The minimum atomic E-state index is -0.957. The molecule has 0 spiro atoms. The Balaban J connectivity index is 1.55. The Kier molecular flexibility index (Phi) is 5.80. The Morgan fingerprint density at radius 3 is 2.40 bits per heavy atom.